The Bertz CT molecular complexity index is 296. The molecule has 0 fully saturated rings. The molecule has 0 aliphatic rings. The van der Waals surface area contributed by atoms with Gasteiger partial charge in [-0.05, 0) is 5.92 Å². The fraction of sp³-hybridized carbons (Fsp3) is 0.700. The summed E-state index contributed by atoms with van der Waals surface area (Å²) in [5, 5.41) is 8.71. The van der Waals surface area contributed by atoms with Gasteiger partial charge in [0.15, 0.2) is 0 Å². The van der Waals surface area contributed by atoms with Crippen LogP contribution in [0.5, 0.6) is 0 Å². The number of rotatable bonds is 3. The van der Waals surface area contributed by atoms with Crippen molar-refractivity contribution in [3.63, 3.8) is 0 Å². The van der Waals surface area contributed by atoms with E-state index in [1.807, 2.05) is 13.8 Å². The average molecular weight is 238 g/mol. The third-order valence-electron chi connectivity index (χ3n) is 1.79. The van der Waals surface area contributed by atoms with Crippen LogP contribution in [0.3, 0.4) is 0 Å². The average Bonchev–Trinajstić information content (AvgIpc) is 2.68. The first kappa shape index (κ1) is 15.0. The highest BCUT2D eigenvalue weighted by Gasteiger charge is 2.36. The molecule has 0 aliphatic heterocycles. The van der Waals surface area contributed by atoms with Gasteiger partial charge in [0, 0.05) is 25.5 Å². The lowest BCUT2D eigenvalue weighted by atomic mass is 10.2. The minimum Gasteiger partial charge on any atom is -0.396 e. The van der Waals surface area contributed by atoms with Gasteiger partial charge in [-0.2, -0.15) is 13.2 Å². The highest BCUT2D eigenvalue weighted by atomic mass is 19.4. The van der Waals surface area contributed by atoms with E-state index in [1.54, 1.807) is 6.92 Å². The number of nitrogens with zero attached hydrogens (tertiary/aromatic N) is 2. The molecule has 0 saturated carbocycles. The summed E-state index contributed by atoms with van der Waals surface area (Å²) in [6, 6.07) is 0. The van der Waals surface area contributed by atoms with E-state index < -0.39 is 12.0 Å². The summed E-state index contributed by atoms with van der Waals surface area (Å²) in [6.45, 7) is 5.64. The zero-order valence-corrected chi connectivity index (χ0v) is 9.62. The molecule has 0 amide bonds. The molecule has 3 nitrogen and oxygen atoms in total. The summed E-state index contributed by atoms with van der Waals surface area (Å²) in [5.74, 6) is -1.14. The van der Waals surface area contributed by atoms with Gasteiger partial charge >= 0.3 is 6.18 Å². The Labute approximate surface area is 92.9 Å². The van der Waals surface area contributed by atoms with Gasteiger partial charge in [0.1, 0.15) is 0 Å². The van der Waals surface area contributed by atoms with Gasteiger partial charge in [-0.3, -0.25) is 0 Å². The van der Waals surface area contributed by atoms with Crippen molar-refractivity contribution in [3.05, 3.63) is 18.2 Å². The summed E-state index contributed by atoms with van der Waals surface area (Å²) in [5.41, 5.74) is 0. The molecule has 16 heavy (non-hydrogen) atoms. The van der Waals surface area contributed by atoms with Gasteiger partial charge in [-0.25, -0.2) is 4.98 Å². The Morgan fingerprint density at radius 2 is 2.00 bits per heavy atom. The van der Waals surface area contributed by atoms with Gasteiger partial charge in [-0.1, -0.05) is 20.8 Å². The van der Waals surface area contributed by atoms with Crippen molar-refractivity contribution in [2.45, 2.75) is 33.5 Å². The summed E-state index contributed by atoms with van der Waals surface area (Å²) in [4.78, 5) is 3.23. The van der Waals surface area contributed by atoms with Gasteiger partial charge in [0.25, 0.3) is 0 Å². The van der Waals surface area contributed by atoms with Crippen LogP contribution in [0.25, 0.3) is 0 Å². The SMILES string of the molecule is CC.CC(CO)Cn1ccnc1C(F)(F)F. The molecule has 0 bridgehead atoms. The summed E-state index contributed by atoms with van der Waals surface area (Å²) < 4.78 is 37.9. The molecule has 0 radical (unpaired) electrons. The van der Waals surface area contributed by atoms with Crippen LogP contribution < -0.4 is 0 Å². The van der Waals surface area contributed by atoms with Crippen molar-refractivity contribution in [1.29, 1.82) is 0 Å². The molecule has 1 N–H and O–H groups in total. The van der Waals surface area contributed by atoms with E-state index in [0.29, 0.717) is 0 Å². The minimum absolute atomic E-state index is 0.116. The molecule has 0 saturated heterocycles. The Morgan fingerprint density at radius 3 is 2.44 bits per heavy atom. The van der Waals surface area contributed by atoms with Crippen LogP contribution >= 0.6 is 0 Å². The standard InChI is InChI=1S/C8H11F3N2O.C2H6/c1-6(5-14)4-13-3-2-12-7(13)8(9,10)11;1-2/h2-3,6,14H,4-5H2,1H3;1-2H3. The smallest absolute Gasteiger partial charge is 0.396 e. The van der Waals surface area contributed by atoms with Gasteiger partial charge in [-0.15, -0.1) is 0 Å². The van der Waals surface area contributed by atoms with Crippen LogP contribution in [-0.2, 0) is 12.7 Å². The van der Waals surface area contributed by atoms with Crippen LogP contribution in [-0.4, -0.2) is 21.3 Å². The van der Waals surface area contributed by atoms with E-state index in [-0.39, 0.29) is 19.1 Å². The van der Waals surface area contributed by atoms with Crippen LogP contribution in [0, 0.1) is 5.92 Å². The Balaban J connectivity index is 0.00000106. The van der Waals surface area contributed by atoms with Crippen molar-refractivity contribution < 1.29 is 18.3 Å². The molecule has 0 spiro atoms. The zero-order chi connectivity index (χ0) is 12.8. The number of imidazole rings is 1. The van der Waals surface area contributed by atoms with Crippen molar-refractivity contribution in [1.82, 2.24) is 9.55 Å². The Kier molecular flexibility index (Phi) is 6.10. The topological polar surface area (TPSA) is 38.0 Å². The molecule has 1 heterocycles. The first-order chi connectivity index (χ1) is 7.45. The molecular weight excluding hydrogens is 221 g/mol. The third kappa shape index (κ3) is 4.22. The first-order valence-electron chi connectivity index (χ1n) is 5.14. The predicted octanol–water partition coefficient (Wildman–Crippen LogP) is 2.56. The second kappa shape index (κ2) is 6.52. The predicted molar refractivity (Wildman–Crippen MR) is 54.8 cm³/mol. The normalized spacial score (nSPS) is 12.9. The van der Waals surface area contributed by atoms with Crippen LogP contribution in [0.15, 0.2) is 12.4 Å². The lowest BCUT2D eigenvalue weighted by Crippen LogP contribution is -2.18. The molecule has 6 heteroatoms. The Morgan fingerprint density at radius 1 is 1.44 bits per heavy atom. The van der Waals surface area contributed by atoms with Crippen LogP contribution in [0.4, 0.5) is 13.2 Å². The number of aliphatic hydroxyl groups is 1. The minimum atomic E-state index is -4.43. The zero-order valence-electron chi connectivity index (χ0n) is 9.62. The molecule has 0 aromatic carbocycles. The van der Waals surface area contributed by atoms with E-state index in [1.165, 1.54) is 6.20 Å². The number of halogens is 3. The molecule has 1 aromatic rings. The van der Waals surface area contributed by atoms with E-state index in [9.17, 15) is 13.2 Å². The highest BCUT2D eigenvalue weighted by molar-refractivity contribution is 4.96. The Hall–Kier alpha value is -1.04. The van der Waals surface area contributed by atoms with E-state index in [4.69, 9.17) is 5.11 Å². The van der Waals surface area contributed by atoms with Crippen molar-refractivity contribution in [3.8, 4) is 0 Å². The van der Waals surface area contributed by atoms with E-state index in [0.717, 1.165) is 10.8 Å². The quantitative estimate of drug-likeness (QED) is 0.878. The maximum absolute atomic E-state index is 12.3. The fourth-order valence-corrected chi connectivity index (χ4v) is 1.11. The molecule has 1 rings (SSSR count). The van der Waals surface area contributed by atoms with Gasteiger partial charge < -0.3 is 9.67 Å². The number of aromatic nitrogens is 2. The van der Waals surface area contributed by atoms with Gasteiger partial charge in [0.05, 0.1) is 0 Å². The maximum atomic E-state index is 12.3. The molecule has 1 atom stereocenters. The van der Waals surface area contributed by atoms with Crippen LogP contribution in [0.2, 0.25) is 0 Å². The second-order valence-electron chi connectivity index (χ2n) is 3.19. The number of alkyl halides is 3. The molecule has 1 unspecified atom stereocenters. The van der Waals surface area contributed by atoms with Crippen molar-refractivity contribution >= 4 is 0 Å². The maximum Gasteiger partial charge on any atom is 0.449 e. The number of aliphatic hydroxyl groups excluding tert-OH is 1. The number of hydrogen-bond acceptors (Lipinski definition) is 2. The summed E-state index contributed by atoms with van der Waals surface area (Å²) >= 11 is 0. The summed E-state index contributed by atoms with van der Waals surface area (Å²) in [7, 11) is 0. The second-order valence-corrected chi connectivity index (χ2v) is 3.19. The van der Waals surface area contributed by atoms with Gasteiger partial charge in [0.2, 0.25) is 5.82 Å². The lowest BCUT2D eigenvalue weighted by Gasteiger charge is -2.13. The molecule has 0 aliphatic carbocycles. The fourth-order valence-electron chi connectivity index (χ4n) is 1.11. The first-order valence-corrected chi connectivity index (χ1v) is 5.14. The van der Waals surface area contributed by atoms with E-state index >= 15 is 0 Å². The highest BCUT2D eigenvalue weighted by Crippen LogP contribution is 2.27. The largest absolute Gasteiger partial charge is 0.449 e. The monoisotopic (exact) mass is 238 g/mol. The van der Waals surface area contributed by atoms with Crippen molar-refractivity contribution in [2.24, 2.45) is 5.92 Å². The van der Waals surface area contributed by atoms with E-state index in [2.05, 4.69) is 4.98 Å². The lowest BCUT2D eigenvalue weighted by molar-refractivity contribution is -0.147. The summed E-state index contributed by atoms with van der Waals surface area (Å²) in [6.07, 6.45) is -2.07. The van der Waals surface area contributed by atoms with Crippen LogP contribution in [0.1, 0.15) is 26.6 Å². The van der Waals surface area contributed by atoms with Crippen molar-refractivity contribution in [2.75, 3.05) is 6.61 Å². The third-order valence-corrected chi connectivity index (χ3v) is 1.79. The molecule has 1 aromatic heterocycles. The number of hydrogen-bond donors (Lipinski definition) is 1. The molecular formula is C10H17F3N2O. The molecule has 94 valence electrons.